The number of anilines is 2. The highest BCUT2D eigenvalue weighted by Crippen LogP contribution is 2.30. The number of aromatic nitrogens is 4. The number of rotatable bonds is 4. The molecule has 0 radical (unpaired) electrons. The molecule has 118 valence electrons. The van der Waals surface area contributed by atoms with Gasteiger partial charge in [0.2, 0.25) is 5.82 Å². The van der Waals surface area contributed by atoms with Crippen molar-refractivity contribution in [3.8, 4) is 5.69 Å². The van der Waals surface area contributed by atoms with Gasteiger partial charge in [0.25, 0.3) is 0 Å². The third-order valence-corrected chi connectivity index (χ3v) is 3.65. The first kappa shape index (κ1) is 13.9. The van der Waals surface area contributed by atoms with Gasteiger partial charge < -0.3 is 5.32 Å². The maximum absolute atomic E-state index is 11.3. The Hall–Kier alpha value is -3.68. The summed E-state index contributed by atoms with van der Waals surface area (Å²) in [4.78, 5) is 10.9. The average molecular weight is 320 g/mol. The lowest BCUT2D eigenvalue weighted by Crippen LogP contribution is -2.04. The predicted molar refractivity (Wildman–Crippen MR) is 89.6 cm³/mol. The van der Waals surface area contributed by atoms with Crippen molar-refractivity contribution in [1.29, 1.82) is 0 Å². The summed E-state index contributed by atoms with van der Waals surface area (Å²) >= 11 is 0. The molecule has 0 atom stereocenters. The van der Waals surface area contributed by atoms with E-state index in [-0.39, 0.29) is 5.69 Å². The maximum atomic E-state index is 11.3. The zero-order valence-electron chi connectivity index (χ0n) is 12.4. The van der Waals surface area contributed by atoms with Gasteiger partial charge in [-0.25, -0.2) is 4.68 Å². The molecule has 2 aromatic carbocycles. The fourth-order valence-electron chi connectivity index (χ4n) is 2.51. The fourth-order valence-corrected chi connectivity index (χ4v) is 2.51. The molecule has 0 unspecified atom stereocenters. The molecular formula is C16H12N6O2. The van der Waals surface area contributed by atoms with E-state index in [2.05, 4.69) is 20.6 Å². The third kappa shape index (κ3) is 2.35. The first-order chi connectivity index (χ1) is 11.7. The number of H-pyrrole nitrogens is 1. The summed E-state index contributed by atoms with van der Waals surface area (Å²) in [6, 6.07) is 14.8. The van der Waals surface area contributed by atoms with Crippen LogP contribution in [0.4, 0.5) is 17.2 Å². The molecule has 0 spiro atoms. The number of nitrogens with one attached hydrogen (secondary N) is 2. The van der Waals surface area contributed by atoms with Crippen molar-refractivity contribution in [1.82, 2.24) is 20.0 Å². The largest absolute Gasteiger partial charge is 0.334 e. The van der Waals surface area contributed by atoms with Crippen molar-refractivity contribution in [2.75, 3.05) is 5.32 Å². The Balaban J connectivity index is 1.80. The maximum Gasteiger partial charge on any atom is 0.331 e. The van der Waals surface area contributed by atoms with Gasteiger partial charge in [0.15, 0.2) is 0 Å². The second-order valence-corrected chi connectivity index (χ2v) is 5.18. The quantitative estimate of drug-likeness (QED) is 0.443. The standard InChI is InChI=1S/C16H12N6O2/c23-22(24)15-10-18-21(13-4-2-1-3-5-13)16(15)19-12-6-7-14-11(8-12)9-17-20-14/h1-10,19H,(H,17,20). The lowest BCUT2D eigenvalue weighted by Gasteiger charge is -2.09. The minimum atomic E-state index is -0.453. The van der Waals surface area contributed by atoms with E-state index in [1.807, 2.05) is 48.5 Å². The van der Waals surface area contributed by atoms with E-state index in [9.17, 15) is 10.1 Å². The summed E-state index contributed by atoms with van der Waals surface area (Å²) in [7, 11) is 0. The number of nitro groups is 1. The van der Waals surface area contributed by atoms with E-state index in [1.54, 1.807) is 6.20 Å². The minimum Gasteiger partial charge on any atom is -0.334 e. The van der Waals surface area contributed by atoms with Gasteiger partial charge in [-0.05, 0) is 30.3 Å². The summed E-state index contributed by atoms with van der Waals surface area (Å²) in [5.41, 5.74) is 2.25. The Kier molecular flexibility index (Phi) is 3.20. The molecule has 0 fully saturated rings. The molecule has 0 saturated carbocycles. The Labute approximate surface area is 135 Å². The minimum absolute atomic E-state index is 0.0915. The van der Waals surface area contributed by atoms with Gasteiger partial charge in [0.1, 0.15) is 6.20 Å². The first-order valence-corrected chi connectivity index (χ1v) is 7.20. The van der Waals surface area contributed by atoms with Gasteiger partial charge in [-0.1, -0.05) is 18.2 Å². The Morgan fingerprint density at radius 2 is 1.96 bits per heavy atom. The molecule has 0 aliphatic carbocycles. The smallest absolute Gasteiger partial charge is 0.331 e. The van der Waals surface area contributed by atoms with Crippen LogP contribution in [0.2, 0.25) is 0 Å². The number of para-hydroxylation sites is 1. The molecule has 8 heteroatoms. The van der Waals surface area contributed by atoms with Crippen molar-refractivity contribution in [2.45, 2.75) is 0 Å². The average Bonchev–Trinajstić information content (AvgIpc) is 3.22. The summed E-state index contributed by atoms with van der Waals surface area (Å²) in [6.07, 6.45) is 2.94. The Morgan fingerprint density at radius 1 is 1.12 bits per heavy atom. The number of hydrogen-bond acceptors (Lipinski definition) is 5. The van der Waals surface area contributed by atoms with Crippen LogP contribution in [0.3, 0.4) is 0 Å². The zero-order chi connectivity index (χ0) is 16.5. The zero-order valence-corrected chi connectivity index (χ0v) is 12.4. The van der Waals surface area contributed by atoms with E-state index in [0.29, 0.717) is 11.5 Å². The van der Waals surface area contributed by atoms with E-state index < -0.39 is 4.92 Å². The topological polar surface area (TPSA) is 102 Å². The first-order valence-electron chi connectivity index (χ1n) is 7.20. The molecule has 0 bridgehead atoms. The number of fused-ring (bicyclic) bond motifs is 1. The second kappa shape index (κ2) is 5.51. The Bertz CT molecular complexity index is 1020. The fraction of sp³-hybridized carbons (Fsp3) is 0. The molecule has 2 N–H and O–H groups in total. The number of nitrogens with zero attached hydrogens (tertiary/aromatic N) is 4. The normalized spacial score (nSPS) is 10.8. The summed E-state index contributed by atoms with van der Waals surface area (Å²) < 4.78 is 1.51. The van der Waals surface area contributed by atoms with Crippen LogP contribution < -0.4 is 5.32 Å². The number of hydrogen-bond donors (Lipinski definition) is 2. The van der Waals surface area contributed by atoms with E-state index in [0.717, 1.165) is 16.6 Å². The lowest BCUT2D eigenvalue weighted by molar-refractivity contribution is -0.384. The SMILES string of the molecule is O=[N+]([O-])c1cnn(-c2ccccc2)c1Nc1ccc2[nH]ncc2c1. The predicted octanol–water partition coefficient (Wildman–Crippen LogP) is 3.40. The van der Waals surface area contributed by atoms with E-state index in [1.165, 1.54) is 10.9 Å². The molecule has 0 aliphatic heterocycles. The van der Waals surface area contributed by atoms with E-state index in [4.69, 9.17) is 0 Å². The van der Waals surface area contributed by atoms with Crippen LogP contribution >= 0.6 is 0 Å². The van der Waals surface area contributed by atoms with Gasteiger partial charge in [0, 0.05) is 11.1 Å². The number of aromatic amines is 1. The van der Waals surface area contributed by atoms with Crippen LogP contribution in [0.25, 0.3) is 16.6 Å². The van der Waals surface area contributed by atoms with Gasteiger partial charge >= 0.3 is 5.69 Å². The van der Waals surface area contributed by atoms with Crippen LogP contribution in [-0.2, 0) is 0 Å². The van der Waals surface area contributed by atoms with Crippen LogP contribution in [-0.4, -0.2) is 24.9 Å². The highest BCUT2D eigenvalue weighted by Gasteiger charge is 2.21. The molecule has 2 heterocycles. The van der Waals surface area contributed by atoms with Crippen LogP contribution in [0, 0.1) is 10.1 Å². The van der Waals surface area contributed by atoms with Gasteiger partial charge in [-0.2, -0.15) is 10.2 Å². The highest BCUT2D eigenvalue weighted by atomic mass is 16.6. The van der Waals surface area contributed by atoms with Gasteiger partial charge in [-0.3, -0.25) is 15.2 Å². The summed E-state index contributed by atoms with van der Waals surface area (Å²) in [5, 5.41) is 26.3. The van der Waals surface area contributed by atoms with Gasteiger partial charge in [-0.15, -0.1) is 0 Å². The molecule has 8 nitrogen and oxygen atoms in total. The molecule has 0 aliphatic rings. The van der Waals surface area contributed by atoms with E-state index >= 15 is 0 Å². The molecule has 2 aromatic heterocycles. The van der Waals surface area contributed by atoms with Gasteiger partial charge in [0.05, 0.1) is 22.3 Å². The van der Waals surface area contributed by atoms with Crippen molar-refractivity contribution >= 4 is 28.1 Å². The monoisotopic (exact) mass is 320 g/mol. The Morgan fingerprint density at radius 3 is 2.75 bits per heavy atom. The molecule has 4 rings (SSSR count). The molecule has 4 aromatic rings. The van der Waals surface area contributed by atoms with Crippen LogP contribution in [0.1, 0.15) is 0 Å². The van der Waals surface area contributed by atoms with Crippen LogP contribution in [0.15, 0.2) is 60.9 Å². The summed E-state index contributed by atoms with van der Waals surface area (Å²) in [6.45, 7) is 0. The highest BCUT2D eigenvalue weighted by molar-refractivity contribution is 5.83. The number of benzene rings is 2. The van der Waals surface area contributed by atoms with Crippen molar-refractivity contribution < 1.29 is 4.92 Å². The van der Waals surface area contributed by atoms with Crippen molar-refractivity contribution in [3.05, 3.63) is 71.0 Å². The second-order valence-electron chi connectivity index (χ2n) is 5.18. The molecule has 0 saturated heterocycles. The summed E-state index contributed by atoms with van der Waals surface area (Å²) in [5.74, 6) is 0.300. The molecule has 24 heavy (non-hydrogen) atoms. The molecular weight excluding hydrogens is 308 g/mol. The molecule has 0 amide bonds. The third-order valence-electron chi connectivity index (χ3n) is 3.65. The van der Waals surface area contributed by atoms with Crippen LogP contribution in [0.5, 0.6) is 0 Å². The van der Waals surface area contributed by atoms with Crippen molar-refractivity contribution in [3.63, 3.8) is 0 Å². The lowest BCUT2D eigenvalue weighted by atomic mass is 10.2. The van der Waals surface area contributed by atoms with Crippen molar-refractivity contribution in [2.24, 2.45) is 0 Å².